The molecule has 2 fully saturated rings. The second kappa shape index (κ2) is 6.31. The monoisotopic (exact) mass is 285 g/mol. The Bertz CT molecular complexity index is 470. The van der Waals surface area contributed by atoms with Gasteiger partial charge in [0.25, 0.3) is 0 Å². The zero-order valence-corrected chi connectivity index (χ0v) is 13.1. The summed E-state index contributed by atoms with van der Waals surface area (Å²) < 4.78 is 0. The largest absolute Gasteiger partial charge is 0.302 e. The molecule has 0 bridgehead atoms. The van der Waals surface area contributed by atoms with Crippen LogP contribution in [0.4, 0.5) is 0 Å². The van der Waals surface area contributed by atoms with Gasteiger partial charge in [0.2, 0.25) is 0 Å². The van der Waals surface area contributed by atoms with Crippen LogP contribution in [0.5, 0.6) is 0 Å². The first kappa shape index (κ1) is 14.8. The molecule has 0 aromatic heterocycles. The third kappa shape index (κ3) is 3.06. The molecule has 2 aliphatic rings. The molecule has 1 saturated heterocycles. The van der Waals surface area contributed by atoms with Crippen LogP contribution in [-0.4, -0.2) is 30.3 Å². The van der Waals surface area contributed by atoms with Gasteiger partial charge in [-0.1, -0.05) is 43.2 Å². The zero-order chi connectivity index (χ0) is 14.7. The van der Waals surface area contributed by atoms with Gasteiger partial charge in [-0.15, -0.1) is 0 Å². The molecule has 0 N–H and O–H groups in total. The van der Waals surface area contributed by atoms with Crippen LogP contribution < -0.4 is 0 Å². The van der Waals surface area contributed by atoms with E-state index in [9.17, 15) is 4.79 Å². The van der Waals surface area contributed by atoms with Gasteiger partial charge in [-0.25, -0.2) is 0 Å². The van der Waals surface area contributed by atoms with Crippen LogP contribution in [0.3, 0.4) is 0 Å². The van der Waals surface area contributed by atoms with Crippen LogP contribution in [-0.2, 0) is 10.2 Å². The summed E-state index contributed by atoms with van der Waals surface area (Å²) in [5.41, 5.74) is 0.776. The summed E-state index contributed by atoms with van der Waals surface area (Å²) in [4.78, 5) is 14.5. The molecule has 1 aromatic carbocycles. The van der Waals surface area contributed by atoms with E-state index in [4.69, 9.17) is 0 Å². The van der Waals surface area contributed by atoms with Gasteiger partial charge in [-0.2, -0.15) is 0 Å². The highest BCUT2D eigenvalue weighted by atomic mass is 16.1. The summed E-state index contributed by atoms with van der Waals surface area (Å²) in [6, 6.07) is 11.0. The number of benzene rings is 1. The molecule has 3 atom stereocenters. The van der Waals surface area contributed by atoms with Gasteiger partial charge in [-0.05, 0) is 50.6 Å². The van der Waals surface area contributed by atoms with Crippen LogP contribution in [0.2, 0.25) is 0 Å². The van der Waals surface area contributed by atoms with E-state index >= 15 is 0 Å². The number of likely N-dealkylation sites (tertiary alicyclic amines) is 1. The molecule has 2 nitrogen and oxygen atoms in total. The molecular formula is C19H27NO. The number of carbonyl (C=O) groups is 1. The minimum absolute atomic E-state index is 0.374. The van der Waals surface area contributed by atoms with Crippen LogP contribution in [0.1, 0.15) is 51.0 Å². The van der Waals surface area contributed by atoms with Gasteiger partial charge < -0.3 is 4.79 Å². The van der Waals surface area contributed by atoms with Crippen molar-refractivity contribution in [3.05, 3.63) is 35.9 Å². The van der Waals surface area contributed by atoms with E-state index in [-0.39, 0.29) is 5.41 Å². The van der Waals surface area contributed by atoms with E-state index in [1.165, 1.54) is 38.5 Å². The molecule has 1 aliphatic heterocycles. The molecule has 2 heteroatoms. The summed E-state index contributed by atoms with van der Waals surface area (Å²) in [5, 5.41) is 0. The minimum Gasteiger partial charge on any atom is -0.302 e. The topological polar surface area (TPSA) is 20.3 Å². The van der Waals surface area contributed by atoms with Gasteiger partial charge in [0.1, 0.15) is 6.29 Å². The van der Waals surface area contributed by atoms with Crippen molar-refractivity contribution in [2.45, 2.75) is 56.9 Å². The zero-order valence-electron chi connectivity index (χ0n) is 13.1. The number of fused-ring (bicyclic) bond motifs is 1. The second-order valence-electron chi connectivity index (χ2n) is 7.13. The smallest absolute Gasteiger partial charge is 0.131 e. The van der Waals surface area contributed by atoms with Crippen molar-refractivity contribution in [1.82, 2.24) is 4.90 Å². The lowest BCUT2D eigenvalue weighted by Gasteiger charge is -2.46. The van der Waals surface area contributed by atoms with Crippen molar-refractivity contribution in [2.75, 3.05) is 13.1 Å². The Hall–Kier alpha value is -1.15. The van der Waals surface area contributed by atoms with Crippen LogP contribution in [0.25, 0.3) is 0 Å². The highest BCUT2D eigenvalue weighted by molar-refractivity contribution is 5.68. The molecule has 1 aromatic rings. The molecule has 3 unspecified atom stereocenters. The molecule has 1 heterocycles. The number of nitrogens with zero attached hydrogens (tertiary/aromatic N) is 1. The number of carbonyl (C=O) groups excluding carboxylic acids is 1. The summed E-state index contributed by atoms with van der Waals surface area (Å²) in [6.45, 7) is 4.14. The summed E-state index contributed by atoms with van der Waals surface area (Å²) in [5.74, 6) is 0.874. The average molecular weight is 285 g/mol. The molecule has 0 spiro atoms. The summed E-state index contributed by atoms with van der Waals surface area (Å²) in [7, 11) is 0. The average Bonchev–Trinajstić information content (AvgIpc) is 2.56. The fourth-order valence-electron chi connectivity index (χ4n) is 4.36. The van der Waals surface area contributed by atoms with Gasteiger partial charge in [0, 0.05) is 12.6 Å². The van der Waals surface area contributed by atoms with Crippen molar-refractivity contribution >= 4 is 6.29 Å². The number of aldehydes is 1. The van der Waals surface area contributed by atoms with E-state index in [2.05, 4.69) is 24.0 Å². The Morgan fingerprint density at radius 2 is 1.86 bits per heavy atom. The van der Waals surface area contributed by atoms with Crippen LogP contribution in [0, 0.1) is 5.92 Å². The molecule has 0 radical (unpaired) electrons. The molecular weight excluding hydrogens is 258 g/mol. The number of piperidine rings is 1. The van der Waals surface area contributed by atoms with Crippen molar-refractivity contribution in [1.29, 1.82) is 0 Å². The first-order valence-corrected chi connectivity index (χ1v) is 8.49. The Morgan fingerprint density at radius 3 is 2.62 bits per heavy atom. The molecule has 1 saturated carbocycles. The van der Waals surface area contributed by atoms with Gasteiger partial charge in [-0.3, -0.25) is 4.90 Å². The Kier molecular flexibility index (Phi) is 4.44. The Morgan fingerprint density at radius 1 is 1.14 bits per heavy atom. The molecule has 21 heavy (non-hydrogen) atoms. The van der Waals surface area contributed by atoms with E-state index in [1.54, 1.807) is 0 Å². The van der Waals surface area contributed by atoms with E-state index in [0.717, 1.165) is 36.9 Å². The molecule has 1 aliphatic carbocycles. The van der Waals surface area contributed by atoms with E-state index in [1.807, 2.05) is 18.2 Å². The predicted octanol–water partition coefficient (Wildman–Crippen LogP) is 3.80. The molecule has 0 amide bonds. The lowest BCUT2D eigenvalue weighted by Crippen LogP contribution is -2.51. The fraction of sp³-hybridized carbons (Fsp3) is 0.632. The second-order valence-corrected chi connectivity index (χ2v) is 7.13. The van der Waals surface area contributed by atoms with Gasteiger partial charge in [0.15, 0.2) is 0 Å². The van der Waals surface area contributed by atoms with Gasteiger partial charge in [0.05, 0.1) is 5.41 Å². The Labute approximate surface area is 128 Å². The third-order valence-corrected chi connectivity index (χ3v) is 5.58. The quantitative estimate of drug-likeness (QED) is 0.784. The third-order valence-electron chi connectivity index (χ3n) is 5.58. The van der Waals surface area contributed by atoms with Crippen molar-refractivity contribution in [3.8, 4) is 0 Å². The maximum atomic E-state index is 11.8. The van der Waals surface area contributed by atoms with Crippen LogP contribution >= 0.6 is 0 Å². The van der Waals surface area contributed by atoms with E-state index in [0.29, 0.717) is 0 Å². The first-order chi connectivity index (χ1) is 10.2. The van der Waals surface area contributed by atoms with Crippen LogP contribution in [0.15, 0.2) is 30.3 Å². The lowest BCUT2D eigenvalue weighted by molar-refractivity contribution is -0.113. The predicted molar refractivity (Wildman–Crippen MR) is 86.4 cm³/mol. The summed E-state index contributed by atoms with van der Waals surface area (Å²) >= 11 is 0. The Balaban J connectivity index is 1.78. The van der Waals surface area contributed by atoms with E-state index < -0.39 is 0 Å². The SMILES string of the molecule is CC(C=O)(CN1CCCC2CCCCC21)c1ccccc1. The molecule has 114 valence electrons. The fourth-order valence-corrected chi connectivity index (χ4v) is 4.36. The summed E-state index contributed by atoms with van der Waals surface area (Å²) in [6.07, 6.45) is 9.34. The normalized spacial score (nSPS) is 29.4. The highest BCUT2D eigenvalue weighted by Crippen LogP contribution is 2.37. The highest BCUT2D eigenvalue weighted by Gasteiger charge is 2.37. The lowest BCUT2D eigenvalue weighted by atomic mass is 9.76. The van der Waals surface area contributed by atoms with Crippen molar-refractivity contribution in [3.63, 3.8) is 0 Å². The molecule has 3 rings (SSSR count). The number of hydrogen-bond acceptors (Lipinski definition) is 2. The number of hydrogen-bond donors (Lipinski definition) is 0. The number of rotatable bonds is 4. The minimum atomic E-state index is -0.374. The maximum Gasteiger partial charge on any atom is 0.131 e. The maximum absolute atomic E-state index is 11.8. The standard InChI is InChI=1S/C19H27NO/c1-19(15-21,17-10-3-2-4-11-17)14-20-13-7-9-16-8-5-6-12-18(16)20/h2-4,10-11,15-16,18H,5-9,12-14H2,1H3. The van der Waals surface area contributed by atoms with Crippen molar-refractivity contribution < 1.29 is 4.79 Å². The first-order valence-electron chi connectivity index (χ1n) is 8.49. The van der Waals surface area contributed by atoms with Gasteiger partial charge >= 0.3 is 0 Å². The van der Waals surface area contributed by atoms with Crippen molar-refractivity contribution in [2.24, 2.45) is 5.92 Å².